The summed E-state index contributed by atoms with van der Waals surface area (Å²) in [6.07, 6.45) is 3.26. The average Bonchev–Trinajstić information content (AvgIpc) is 2.47. The summed E-state index contributed by atoms with van der Waals surface area (Å²) in [5, 5.41) is 19.8. The molecule has 0 aliphatic carbocycles. The molecule has 21 heavy (non-hydrogen) atoms. The highest BCUT2D eigenvalue weighted by molar-refractivity contribution is 5.41. The van der Waals surface area contributed by atoms with Gasteiger partial charge in [0.2, 0.25) is 0 Å². The molecule has 0 saturated carbocycles. The van der Waals surface area contributed by atoms with E-state index in [0.717, 1.165) is 0 Å². The van der Waals surface area contributed by atoms with E-state index in [4.69, 9.17) is 10.00 Å². The van der Waals surface area contributed by atoms with Crippen molar-refractivity contribution in [2.24, 2.45) is 0 Å². The van der Waals surface area contributed by atoms with Gasteiger partial charge < -0.3 is 9.84 Å². The van der Waals surface area contributed by atoms with Gasteiger partial charge in [0.15, 0.2) is 0 Å². The lowest BCUT2D eigenvalue weighted by Gasteiger charge is -2.25. The molecule has 0 aliphatic heterocycles. The minimum atomic E-state index is -1.24. The van der Waals surface area contributed by atoms with Gasteiger partial charge in [0.1, 0.15) is 11.4 Å². The second kappa shape index (κ2) is 5.94. The molecule has 108 valence electrons. The molecular weight excluding hydrogens is 264 g/mol. The second-order valence-corrected chi connectivity index (χ2v) is 5.34. The number of rotatable bonds is 4. The van der Waals surface area contributed by atoms with Crippen molar-refractivity contribution in [3.05, 3.63) is 59.4 Å². The zero-order valence-corrected chi connectivity index (χ0v) is 12.4. The van der Waals surface area contributed by atoms with Crippen LogP contribution in [-0.4, -0.2) is 16.2 Å². The molecule has 0 bridgehead atoms. The summed E-state index contributed by atoms with van der Waals surface area (Å²) in [6.45, 7) is 5.54. The Bertz CT molecular complexity index is 672. The molecule has 4 nitrogen and oxygen atoms in total. The summed E-state index contributed by atoms with van der Waals surface area (Å²) in [5.74, 6) is 0.610. The van der Waals surface area contributed by atoms with Crippen LogP contribution in [0.4, 0.5) is 0 Å². The van der Waals surface area contributed by atoms with Crippen molar-refractivity contribution in [1.29, 1.82) is 5.26 Å². The van der Waals surface area contributed by atoms with Crippen LogP contribution in [0.3, 0.4) is 0 Å². The summed E-state index contributed by atoms with van der Waals surface area (Å²) < 4.78 is 5.60. The molecule has 0 amide bonds. The molecule has 0 saturated heterocycles. The fourth-order valence-electron chi connectivity index (χ4n) is 2.08. The Morgan fingerprint density at radius 2 is 2.00 bits per heavy atom. The molecule has 0 radical (unpaired) electrons. The number of aromatic nitrogens is 1. The van der Waals surface area contributed by atoms with Crippen LogP contribution in [0.15, 0.2) is 42.7 Å². The maximum Gasteiger partial charge on any atom is 0.138 e. The summed E-state index contributed by atoms with van der Waals surface area (Å²) in [5.41, 5.74) is 0.534. The third kappa shape index (κ3) is 3.39. The van der Waals surface area contributed by atoms with Gasteiger partial charge in [-0.25, -0.2) is 0 Å². The minimum absolute atomic E-state index is 0.0360. The van der Waals surface area contributed by atoms with Gasteiger partial charge in [0, 0.05) is 11.8 Å². The predicted octanol–water partition coefficient (Wildman–Crippen LogP) is 3.00. The van der Waals surface area contributed by atoms with E-state index in [1.165, 1.54) is 0 Å². The van der Waals surface area contributed by atoms with Gasteiger partial charge >= 0.3 is 0 Å². The van der Waals surface area contributed by atoms with Crippen LogP contribution in [0.25, 0.3) is 0 Å². The largest absolute Gasteiger partial charge is 0.489 e. The Morgan fingerprint density at radius 1 is 1.24 bits per heavy atom. The lowest BCUT2D eigenvalue weighted by Crippen LogP contribution is -2.23. The van der Waals surface area contributed by atoms with Gasteiger partial charge in [-0.15, -0.1) is 0 Å². The van der Waals surface area contributed by atoms with Crippen LogP contribution in [0.5, 0.6) is 5.75 Å². The number of nitriles is 1. The van der Waals surface area contributed by atoms with Crippen molar-refractivity contribution in [3.63, 3.8) is 0 Å². The Labute approximate surface area is 124 Å². The van der Waals surface area contributed by atoms with Crippen molar-refractivity contribution in [3.8, 4) is 11.8 Å². The number of hydrogen-bond acceptors (Lipinski definition) is 4. The zero-order valence-electron chi connectivity index (χ0n) is 12.4. The molecule has 2 rings (SSSR count). The molecule has 1 N–H and O–H groups in total. The van der Waals surface area contributed by atoms with Gasteiger partial charge in [-0.1, -0.05) is 12.1 Å². The molecule has 4 heteroatoms. The fraction of sp³-hybridized carbons (Fsp3) is 0.294. The standard InChI is InChI=1S/C17H18N2O2/c1-12(2)21-16-8-15(10-19-11-16)17(3,20)14-6-4-5-13(7-14)9-18/h4-8,10-12,20H,1-3H3. The van der Waals surface area contributed by atoms with Crippen LogP contribution in [0, 0.1) is 11.3 Å². The van der Waals surface area contributed by atoms with Crippen molar-refractivity contribution in [1.82, 2.24) is 4.98 Å². The lowest BCUT2D eigenvalue weighted by molar-refractivity contribution is 0.101. The summed E-state index contributed by atoms with van der Waals surface area (Å²) >= 11 is 0. The predicted molar refractivity (Wildman–Crippen MR) is 79.8 cm³/mol. The molecule has 1 atom stereocenters. The fourth-order valence-corrected chi connectivity index (χ4v) is 2.08. The van der Waals surface area contributed by atoms with Gasteiger partial charge in [-0.05, 0) is 44.5 Å². The van der Waals surface area contributed by atoms with E-state index >= 15 is 0 Å². The molecule has 0 fully saturated rings. The third-order valence-electron chi connectivity index (χ3n) is 3.20. The number of ether oxygens (including phenoxy) is 1. The lowest BCUT2D eigenvalue weighted by atomic mass is 9.88. The van der Waals surface area contributed by atoms with Gasteiger partial charge in [-0.2, -0.15) is 5.26 Å². The first kappa shape index (κ1) is 15.0. The minimum Gasteiger partial charge on any atom is -0.489 e. The molecule has 1 aromatic carbocycles. The van der Waals surface area contributed by atoms with Gasteiger partial charge in [-0.3, -0.25) is 4.98 Å². The highest BCUT2D eigenvalue weighted by Crippen LogP contribution is 2.31. The quantitative estimate of drug-likeness (QED) is 0.936. The smallest absolute Gasteiger partial charge is 0.138 e. The SMILES string of the molecule is CC(C)Oc1cncc(C(C)(O)c2cccc(C#N)c2)c1. The first-order valence-corrected chi connectivity index (χ1v) is 6.78. The Hall–Kier alpha value is -2.38. The normalized spacial score (nSPS) is 13.5. The third-order valence-corrected chi connectivity index (χ3v) is 3.20. The molecule has 0 spiro atoms. The van der Waals surface area contributed by atoms with E-state index in [1.54, 1.807) is 49.6 Å². The van der Waals surface area contributed by atoms with E-state index in [1.807, 2.05) is 13.8 Å². The van der Waals surface area contributed by atoms with E-state index in [9.17, 15) is 5.11 Å². The Morgan fingerprint density at radius 3 is 2.67 bits per heavy atom. The number of pyridine rings is 1. The van der Waals surface area contributed by atoms with E-state index in [0.29, 0.717) is 22.4 Å². The van der Waals surface area contributed by atoms with E-state index in [-0.39, 0.29) is 6.10 Å². The van der Waals surface area contributed by atoms with Crippen LogP contribution in [0.2, 0.25) is 0 Å². The summed E-state index contributed by atoms with van der Waals surface area (Å²) in [7, 11) is 0. The number of hydrogen-bond donors (Lipinski definition) is 1. The second-order valence-electron chi connectivity index (χ2n) is 5.34. The first-order valence-electron chi connectivity index (χ1n) is 6.78. The van der Waals surface area contributed by atoms with Gasteiger partial charge in [0.05, 0.1) is 23.9 Å². The maximum atomic E-state index is 10.8. The number of nitrogens with zero attached hydrogens (tertiary/aromatic N) is 2. The molecule has 0 aliphatic rings. The summed E-state index contributed by atoms with van der Waals surface area (Å²) in [6, 6.07) is 10.8. The molecule has 1 heterocycles. The molecular formula is C17H18N2O2. The van der Waals surface area contributed by atoms with Crippen molar-refractivity contribution in [2.45, 2.75) is 32.5 Å². The van der Waals surface area contributed by atoms with Crippen LogP contribution in [0.1, 0.15) is 37.5 Å². The van der Waals surface area contributed by atoms with Crippen LogP contribution in [-0.2, 0) is 5.60 Å². The molecule has 1 unspecified atom stereocenters. The Kier molecular flexibility index (Phi) is 4.25. The van der Waals surface area contributed by atoms with Crippen molar-refractivity contribution in [2.75, 3.05) is 0 Å². The highest BCUT2D eigenvalue weighted by Gasteiger charge is 2.26. The first-order chi connectivity index (χ1) is 9.93. The maximum absolute atomic E-state index is 10.8. The van der Waals surface area contributed by atoms with E-state index in [2.05, 4.69) is 11.1 Å². The van der Waals surface area contributed by atoms with Gasteiger partial charge in [0.25, 0.3) is 0 Å². The highest BCUT2D eigenvalue weighted by atomic mass is 16.5. The van der Waals surface area contributed by atoms with E-state index < -0.39 is 5.60 Å². The van der Waals surface area contributed by atoms with Crippen molar-refractivity contribution < 1.29 is 9.84 Å². The summed E-state index contributed by atoms with van der Waals surface area (Å²) in [4.78, 5) is 4.12. The zero-order chi connectivity index (χ0) is 15.5. The molecule has 2 aromatic rings. The topological polar surface area (TPSA) is 66.1 Å². The molecule has 1 aromatic heterocycles. The number of aliphatic hydroxyl groups is 1. The Balaban J connectivity index is 2.41. The number of benzene rings is 1. The van der Waals surface area contributed by atoms with Crippen molar-refractivity contribution >= 4 is 0 Å². The van der Waals surface area contributed by atoms with Crippen LogP contribution >= 0.6 is 0 Å². The monoisotopic (exact) mass is 282 g/mol. The average molecular weight is 282 g/mol. The van der Waals surface area contributed by atoms with Crippen LogP contribution < -0.4 is 4.74 Å².